The van der Waals surface area contributed by atoms with Crippen LogP contribution in [-0.4, -0.2) is 28.9 Å². The number of aromatic nitrogens is 1. The molecule has 0 spiro atoms. The minimum atomic E-state index is -5.36. The van der Waals surface area contributed by atoms with Gasteiger partial charge in [0.05, 0.1) is 22.2 Å². The largest absolute Gasteiger partial charge is 0.491 e. The number of alkyl halides is 3. The van der Waals surface area contributed by atoms with Crippen molar-refractivity contribution in [3.05, 3.63) is 86.8 Å². The highest BCUT2D eigenvalue weighted by atomic mass is 35.5. The summed E-state index contributed by atoms with van der Waals surface area (Å²) in [6, 6.07) is 12.6. The molecule has 1 heterocycles. The van der Waals surface area contributed by atoms with E-state index in [-0.39, 0.29) is 50.3 Å². The summed E-state index contributed by atoms with van der Waals surface area (Å²) >= 11 is 12.1. The molecule has 0 bridgehead atoms. The van der Waals surface area contributed by atoms with Gasteiger partial charge in [0.2, 0.25) is 5.91 Å². The number of nitriles is 1. The molecular weight excluding hydrogens is 619 g/mol. The van der Waals surface area contributed by atoms with E-state index in [1.165, 1.54) is 55.5 Å². The molecule has 0 unspecified atom stereocenters. The fraction of sp³-hybridized carbons (Fsp3) is 0.143. The van der Waals surface area contributed by atoms with Crippen molar-refractivity contribution in [2.24, 2.45) is 0 Å². The molecule has 1 aromatic heterocycles. The average molecular weight is 637 g/mol. The molecule has 43 heavy (non-hydrogen) atoms. The minimum absolute atomic E-state index is 0.0121. The summed E-state index contributed by atoms with van der Waals surface area (Å²) in [7, 11) is 0. The highest BCUT2D eigenvalue weighted by Gasteiger charge is 2.42. The summed E-state index contributed by atoms with van der Waals surface area (Å²) in [6.07, 6.45) is -5.36. The molecule has 0 saturated carbocycles. The van der Waals surface area contributed by atoms with Crippen molar-refractivity contribution in [3.63, 3.8) is 0 Å². The standard InChI is InChI=1S/C28H18Cl2F4N4O5/c1-13(39)36-11-14-2-4-19-21(8-14)38-23(24(19)43-27(41)28(32,33)34)26(40)37-12-16-3-5-20(30)25(22(16)31)42-18-7-15(10-35)6-17(29)9-18/h2-9,38H,11-12H2,1H3,(H,36,39)(H,37,40). The third-order valence-corrected chi connectivity index (χ3v) is 6.31. The Morgan fingerprint density at radius 2 is 1.74 bits per heavy atom. The summed E-state index contributed by atoms with van der Waals surface area (Å²) in [5.74, 6) is -6.01. The second-order valence-electron chi connectivity index (χ2n) is 8.93. The number of H-pyrrole nitrogens is 1. The monoisotopic (exact) mass is 636 g/mol. The van der Waals surface area contributed by atoms with Gasteiger partial charge in [-0.2, -0.15) is 18.4 Å². The van der Waals surface area contributed by atoms with E-state index in [1.807, 2.05) is 6.07 Å². The molecule has 0 aliphatic heterocycles. The average Bonchev–Trinajstić information content (AvgIpc) is 3.30. The molecule has 9 nitrogen and oxygen atoms in total. The van der Waals surface area contributed by atoms with Crippen LogP contribution in [0, 0.1) is 17.1 Å². The number of fused-ring (bicyclic) bond motifs is 1. The fourth-order valence-corrected chi connectivity index (χ4v) is 4.25. The normalized spacial score (nSPS) is 11.1. The van der Waals surface area contributed by atoms with Crippen LogP contribution >= 0.6 is 23.2 Å². The van der Waals surface area contributed by atoms with Gasteiger partial charge in [0, 0.05) is 36.0 Å². The van der Waals surface area contributed by atoms with Crippen molar-refractivity contribution in [3.8, 4) is 23.3 Å². The van der Waals surface area contributed by atoms with Gasteiger partial charge in [0.1, 0.15) is 11.4 Å². The van der Waals surface area contributed by atoms with Gasteiger partial charge < -0.3 is 25.1 Å². The van der Waals surface area contributed by atoms with E-state index in [0.717, 1.165) is 0 Å². The first-order valence-corrected chi connectivity index (χ1v) is 12.8. The molecule has 0 saturated heterocycles. The number of amides is 2. The molecule has 3 N–H and O–H groups in total. The van der Waals surface area contributed by atoms with Crippen LogP contribution in [0.4, 0.5) is 17.6 Å². The number of esters is 1. The van der Waals surface area contributed by atoms with Gasteiger partial charge in [0.15, 0.2) is 17.3 Å². The van der Waals surface area contributed by atoms with Crippen LogP contribution in [0.5, 0.6) is 17.2 Å². The van der Waals surface area contributed by atoms with Crippen molar-refractivity contribution in [1.29, 1.82) is 5.26 Å². The lowest BCUT2D eigenvalue weighted by molar-refractivity contribution is -0.189. The molecule has 0 aliphatic rings. The van der Waals surface area contributed by atoms with Gasteiger partial charge in [-0.15, -0.1) is 0 Å². The summed E-state index contributed by atoms with van der Waals surface area (Å²) < 4.78 is 64.5. The highest BCUT2D eigenvalue weighted by molar-refractivity contribution is 6.32. The molecule has 15 heteroatoms. The third-order valence-electron chi connectivity index (χ3n) is 5.80. The Bertz CT molecular complexity index is 1800. The zero-order chi connectivity index (χ0) is 31.5. The topological polar surface area (TPSA) is 133 Å². The second kappa shape index (κ2) is 12.6. The molecule has 222 valence electrons. The minimum Gasteiger partial charge on any atom is -0.453 e. The lowest BCUT2D eigenvalue weighted by atomic mass is 10.1. The van der Waals surface area contributed by atoms with E-state index in [4.69, 9.17) is 33.2 Å². The van der Waals surface area contributed by atoms with Gasteiger partial charge >= 0.3 is 12.1 Å². The first kappa shape index (κ1) is 31.1. The van der Waals surface area contributed by atoms with Crippen LogP contribution in [0.2, 0.25) is 10.0 Å². The Kier molecular flexibility index (Phi) is 9.13. The first-order valence-electron chi connectivity index (χ1n) is 12.1. The van der Waals surface area contributed by atoms with Gasteiger partial charge in [-0.1, -0.05) is 35.3 Å². The number of hydrogen-bond donors (Lipinski definition) is 3. The van der Waals surface area contributed by atoms with Gasteiger partial charge in [-0.05, 0) is 42.0 Å². The van der Waals surface area contributed by atoms with Crippen molar-refractivity contribution < 1.29 is 41.4 Å². The van der Waals surface area contributed by atoms with Crippen molar-refractivity contribution in [2.45, 2.75) is 26.2 Å². The van der Waals surface area contributed by atoms with E-state index in [2.05, 4.69) is 20.4 Å². The van der Waals surface area contributed by atoms with Gasteiger partial charge in [-0.25, -0.2) is 9.18 Å². The Hall–Kier alpha value is -4.80. The number of carbonyl (C=O) groups excluding carboxylic acids is 3. The molecule has 0 aliphatic carbocycles. The van der Waals surface area contributed by atoms with Gasteiger partial charge in [-0.3, -0.25) is 9.59 Å². The number of rotatable bonds is 8. The molecule has 3 aromatic carbocycles. The number of benzene rings is 3. The summed E-state index contributed by atoms with van der Waals surface area (Å²) in [4.78, 5) is 38.6. The Morgan fingerprint density at radius 3 is 2.42 bits per heavy atom. The summed E-state index contributed by atoms with van der Waals surface area (Å²) in [5.41, 5.74) is 0.132. The third kappa shape index (κ3) is 7.35. The molecule has 2 amide bonds. The Labute approximate surface area is 250 Å². The predicted octanol–water partition coefficient (Wildman–Crippen LogP) is 6.31. The van der Waals surface area contributed by atoms with Crippen LogP contribution in [0.1, 0.15) is 34.1 Å². The number of nitrogens with zero attached hydrogens (tertiary/aromatic N) is 1. The van der Waals surface area contributed by atoms with Gasteiger partial charge in [0.25, 0.3) is 5.91 Å². The SMILES string of the molecule is CC(=O)NCc1ccc2c(OC(=O)C(F)(F)F)c(C(=O)NCc3ccc(Cl)c(Oc4cc(Cl)cc(C#N)c4)c3F)[nH]c2c1. The highest BCUT2D eigenvalue weighted by Crippen LogP contribution is 2.36. The lowest BCUT2D eigenvalue weighted by Gasteiger charge is -2.13. The number of halogens is 6. The van der Waals surface area contributed by atoms with E-state index in [9.17, 15) is 27.6 Å². The maximum absolute atomic E-state index is 15.4. The Morgan fingerprint density at radius 1 is 1.00 bits per heavy atom. The zero-order valence-electron chi connectivity index (χ0n) is 21.8. The van der Waals surface area contributed by atoms with Crippen molar-refractivity contribution in [2.75, 3.05) is 0 Å². The zero-order valence-corrected chi connectivity index (χ0v) is 23.3. The lowest BCUT2D eigenvalue weighted by Crippen LogP contribution is -2.29. The number of hydrogen-bond acceptors (Lipinski definition) is 6. The van der Waals surface area contributed by atoms with E-state index >= 15 is 4.39 Å². The van der Waals surface area contributed by atoms with Crippen LogP contribution < -0.4 is 20.1 Å². The molecule has 0 radical (unpaired) electrons. The second-order valence-corrected chi connectivity index (χ2v) is 9.77. The van der Waals surface area contributed by atoms with Crippen molar-refractivity contribution >= 4 is 51.9 Å². The molecular formula is C28H18Cl2F4N4O5. The van der Waals surface area contributed by atoms with E-state index in [1.54, 1.807) is 0 Å². The van der Waals surface area contributed by atoms with Crippen LogP contribution in [0.15, 0.2) is 48.5 Å². The quantitative estimate of drug-likeness (QED) is 0.153. The fourth-order valence-electron chi connectivity index (χ4n) is 3.84. The number of carbonyl (C=O) groups is 3. The Balaban J connectivity index is 1.62. The molecule has 0 fully saturated rings. The number of aromatic amines is 1. The van der Waals surface area contributed by atoms with Crippen LogP contribution in [0.3, 0.4) is 0 Å². The smallest absolute Gasteiger partial charge is 0.453 e. The maximum Gasteiger partial charge on any atom is 0.491 e. The first-order chi connectivity index (χ1) is 20.3. The van der Waals surface area contributed by atoms with E-state index < -0.39 is 47.6 Å². The molecule has 4 rings (SSSR count). The van der Waals surface area contributed by atoms with Crippen LogP contribution in [0.25, 0.3) is 10.9 Å². The van der Waals surface area contributed by atoms with Crippen molar-refractivity contribution in [1.82, 2.24) is 15.6 Å². The maximum atomic E-state index is 15.4. The molecule has 0 atom stereocenters. The summed E-state index contributed by atoms with van der Waals surface area (Å²) in [6.45, 7) is 0.883. The predicted molar refractivity (Wildman–Crippen MR) is 146 cm³/mol. The van der Waals surface area contributed by atoms with E-state index in [0.29, 0.717) is 5.56 Å². The van der Waals surface area contributed by atoms with Crippen LogP contribution in [-0.2, 0) is 22.7 Å². The number of ether oxygens (including phenoxy) is 2. The number of nitrogens with one attached hydrogen (secondary N) is 3. The summed E-state index contributed by atoms with van der Waals surface area (Å²) in [5, 5.41) is 14.0. The molecule has 4 aromatic rings.